The number of hydrogen-bond donors (Lipinski definition) is 0. The van der Waals surface area contributed by atoms with Crippen molar-refractivity contribution in [1.29, 1.82) is 5.26 Å². The van der Waals surface area contributed by atoms with E-state index in [0.717, 1.165) is 38.8 Å². The molecule has 0 fully saturated rings. The number of hydrogen-bond acceptors (Lipinski definition) is 1. The summed E-state index contributed by atoms with van der Waals surface area (Å²) in [5.74, 6) is 0. The quantitative estimate of drug-likeness (QED) is 0.187. The smallest absolute Gasteiger partial charge is 0.0998 e. The lowest BCUT2D eigenvalue weighted by Gasteiger charge is -2.17. The van der Waals surface area contributed by atoms with E-state index >= 15 is 0 Å². The van der Waals surface area contributed by atoms with Gasteiger partial charge < -0.3 is 9.13 Å². The van der Waals surface area contributed by atoms with Crippen molar-refractivity contribution in [2.24, 2.45) is 0 Å². The topological polar surface area (TPSA) is 33.6 Å². The van der Waals surface area contributed by atoms with E-state index < -0.39 is 0 Å². The van der Waals surface area contributed by atoms with E-state index in [4.69, 9.17) is 0 Å². The Hall–Kier alpha value is -6.89. The van der Waals surface area contributed by atoms with E-state index in [2.05, 4.69) is 180 Å². The van der Waals surface area contributed by atoms with Crippen LogP contribution in [-0.2, 0) is 0 Å². The van der Waals surface area contributed by atoms with Crippen LogP contribution in [0.25, 0.3) is 88.0 Å². The molecule has 0 N–H and O–H groups in total. The number of nitriles is 1. The van der Waals surface area contributed by atoms with E-state index in [0.29, 0.717) is 5.56 Å². The molecule has 0 atom stereocenters. The van der Waals surface area contributed by atoms with Crippen molar-refractivity contribution in [2.75, 3.05) is 0 Å². The molecule has 0 unspecified atom stereocenters. The zero-order valence-electron chi connectivity index (χ0n) is 28.0. The fourth-order valence-corrected chi connectivity index (χ4v) is 8.40. The summed E-state index contributed by atoms with van der Waals surface area (Å²) in [4.78, 5) is 0. The molecule has 8 aromatic carbocycles. The van der Waals surface area contributed by atoms with E-state index in [1.807, 2.05) is 12.1 Å². The van der Waals surface area contributed by atoms with Crippen molar-refractivity contribution in [1.82, 2.24) is 9.13 Å². The minimum atomic E-state index is 0.690. The molecule has 51 heavy (non-hydrogen) atoms. The van der Waals surface area contributed by atoms with Crippen LogP contribution in [0.4, 0.5) is 0 Å². The highest BCUT2D eigenvalue weighted by Gasteiger charge is 2.26. The molecule has 0 saturated heterocycles. The minimum absolute atomic E-state index is 0.690. The lowest BCUT2D eigenvalue weighted by Crippen LogP contribution is -1.99. The lowest BCUT2D eigenvalue weighted by molar-refractivity contribution is 1.17. The summed E-state index contributed by atoms with van der Waals surface area (Å²) in [6.07, 6.45) is 0. The molecule has 2 heterocycles. The zero-order valence-corrected chi connectivity index (χ0v) is 28.0. The predicted molar refractivity (Wildman–Crippen MR) is 213 cm³/mol. The number of para-hydroxylation sites is 4. The van der Waals surface area contributed by atoms with Gasteiger partial charge in [-0.2, -0.15) is 5.26 Å². The van der Waals surface area contributed by atoms with Crippen LogP contribution in [0.15, 0.2) is 170 Å². The van der Waals surface area contributed by atoms with Gasteiger partial charge in [-0.3, -0.25) is 0 Å². The first-order chi connectivity index (χ1) is 25.2. The Kier molecular flexibility index (Phi) is 6.46. The fraction of sp³-hybridized carbons (Fsp3) is 0.0208. The molecule has 0 spiro atoms. The van der Waals surface area contributed by atoms with Crippen LogP contribution >= 0.6 is 0 Å². The number of aryl methyl sites for hydroxylation is 1. The summed E-state index contributed by atoms with van der Waals surface area (Å²) in [6.45, 7) is 2.30. The van der Waals surface area contributed by atoms with Crippen LogP contribution in [-0.4, -0.2) is 9.13 Å². The van der Waals surface area contributed by atoms with Crippen molar-refractivity contribution in [3.05, 3.63) is 181 Å². The highest BCUT2D eigenvalue weighted by Crippen LogP contribution is 2.49. The highest BCUT2D eigenvalue weighted by atomic mass is 15.0. The molecule has 10 rings (SSSR count). The summed E-state index contributed by atoms with van der Waals surface area (Å²) < 4.78 is 4.91. The van der Waals surface area contributed by atoms with E-state index in [-0.39, 0.29) is 0 Å². The Morgan fingerprint density at radius 1 is 0.451 bits per heavy atom. The zero-order chi connectivity index (χ0) is 34.1. The Labute approximate surface area is 295 Å². The number of benzene rings is 8. The van der Waals surface area contributed by atoms with Gasteiger partial charge in [-0.25, -0.2) is 0 Å². The summed E-state index contributed by atoms with van der Waals surface area (Å²) in [5, 5.41) is 17.0. The molecule has 0 aliphatic heterocycles. The molecule has 0 amide bonds. The third-order valence-electron chi connectivity index (χ3n) is 10.5. The Balaban J connectivity index is 1.38. The van der Waals surface area contributed by atoms with Gasteiger partial charge in [0.15, 0.2) is 0 Å². The first-order valence-corrected chi connectivity index (χ1v) is 17.4. The first kappa shape index (κ1) is 29.1. The normalized spacial score (nSPS) is 11.6. The molecule has 0 bridgehead atoms. The van der Waals surface area contributed by atoms with Gasteiger partial charge in [0.2, 0.25) is 0 Å². The van der Waals surface area contributed by atoms with E-state index in [1.54, 1.807) is 0 Å². The van der Waals surface area contributed by atoms with Crippen LogP contribution in [0.2, 0.25) is 0 Å². The molecule has 0 aliphatic rings. The molecule has 0 saturated carbocycles. The maximum absolute atomic E-state index is 10.0. The minimum Gasteiger partial charge on any atom is -0.309 e. The average molecular weight is 650 g/mol. The fourth-order valence-electron chi connectivity index (χ4n) is 8.40. The van der Waals surface area contributed by atoms with E-state index in [9.17, 15) is 5.26 Å². The molecular weight excluding hydrogens is 619 g/mol. The van der Waals surface area contributed by atoms with Crippen LogP contribution in [0, 0.1) is 18.3 Å². The summed E-state index contributed by atoms with van der Waals surface area (Å²) >= 11 is 0. The second-order valence-electron chi connectivity index (χ2n) is 13.2. The molecule has 10 aromatic rings. The van der Waals surface area contributed by atoms with Gasteiger partial charge >= 0.3 is 0 Å². The Bertz CT molecular complexity index is 3000. The van der Waals surface area contributed by atoms with Gasteiger partial charge in [-0.1, -0.05) is 127 Å². The van der Waals surface area contributed by atoms with Crippen molar-refractivity contribution in [3.8, 4) is 39.7 Å². The summed E-state index contributed by atoms with van der Waals surface area (Å²) in [5.41, 5.74) is 13.5. The maximum Gasteiger partial charge on any atom is 0.0998 e. The monoisotopic (exact) mass is 649 g/mol. The second kappa shape index (κ2) is 11.3. The summed E-state index contributed by atoms with van der Waals surface area (Å²) in [6, 6.07) is 62.8. The maximum atomic E-state index is 10.0. The van der Waals surface area contributed by atoms with Gasteiger partial charge in [-0.15, -0.1) is 0 Å². The molecule has 238 valence electrons. The number of nitrogens with zero attached hydrogens (tertiary/aromatic N) is 3. The lowest BCUT2D eigenvalue weighted by atomic mass is 9.91. The third kappa shape index (κ3) is 4.24. The summed E-state index contributed by atoms with van der Waals surface area (Å²) in [7, 11) is 0. The molecule has 0 aliphatic carbocycles. The van der Waals surface area contributed by atoms with Crippen LogP contribution in [0.3, 0.4) is 0 Å². The number of aromatic nitrogens is 2. The third-order valence-corrected chi connectivity index (χ3v) is 10.5. The van der Waals surface area contributed by atoms with Crippen molar-refractivity contribution in [2.45, 2.75) is 6.92 Å². The SMILES string of the molecule is Cc1c2c3ccccc3n(-c3ccccc3)c2c(-c2ccc(-c3cccc4cccc(C#N)c34)cc2)c2c3ccccc3n(-c3ccccc3)c12. The number of rotatable bonds is 4. The van der Waals surface area contributed by atoms with Gasteiger partial charge in [0.25, 0.3) is 0 Å². The molecular formula is C48H31N3. The van der Waals surface area contributed by atoms with Gasteiger partial charge in [-0.05, 0) is 77.0 Å². The van der Waals surface area contributed by atoms with Crippen LogP contribution < -0.4 is 0 Å². The first-order valence-electron chi connectivity index (χ1n) is 17.4. The average Bonchev–Trinajstić information content (AvgIpc) is 3.73. The molecule has 2 aromatic heterocycles. The van der Waals surface area contributed by atoms with Gasteiger partial charge in [0.05, 0.1) is 33.7 Å². The highest BCUT2D eigenvalue weighted by molar-refractivity contribution is 6.28. The largest absolute Gasteiger partial charge is 0.309 e. The van der Waals surface area contributed by atoms with Crippen LogP contribution in [0.1, 0.15) is 11.1 Å². The van der Waals surface area contributed by atoms with E-state index in [1.165, 1.54) is 54.7 Å². The van der Waals surface area contributed by atoms with Crippen molar-refractivity contribution >= 4 is 54.4 Å². The standard InChI is InChI=1S/C48H31N3/c1-31-43-39-21-8-10-24-41(39)51(37-19-6-3-7-20-37)48(43)45(46-40-22-9-11-25-42(40)50(47(31)46)36-17-4-2-5-18-36)34-28-26-32(27-29-34)38-23-13-15-33-14-12-16-35(30-49)44(33)38/h2-29H,1H3. The van der Waals surface area contributed by atoms with Gasteiger partial charge in [0.1, 0.15) is 0 Å². The Morgan fingerprint density at radius 3 is 1.61 bits per heavy atom. The van der Waals surface area contributed by atoms with Crippen LogP contribution in [0.5, 0.6) is 0 Å². The molecule has 0 radical (unpaired) electrons. The molecule has 3 heteroatoms. The second-order valence-corrected chi connectivity index (χ2v) is 13.2. The predicted octanol–water partition coefficient (Wildman–Crippen LogP) is 12.5. The van der Waals surface area contributed by atoms with Crippen molar-refractivity contribution < 1.29 is 0 Å². The Morgan fingerprint density at radius 2 is 0.980 bits per heavy atom. The van der Waals surface area contributed by atoms with Gasteiger partial charge in [0, 0.05) is 43.9 Å². The molecule has 3 nitrogen and oxygen atoms in total. The van der Waals surface area contributed by atoms with Crippen molar-refractivity contribution in [3.63, 3.8) is 0 Å². The number of fused-ring (bicyclic) bond motifs is 7.